The van der Waals surface area contributed by atoms with Gasteiger partial charge in [-0.2, -0.15) is 5.26 Å². The first-order valence-electron chi connectivity index (χ1n) is 5.89. The van der Waals surface area contributed by atoms with Gasteiger partial charge in [0, 0.05) is 11.6 Å². The molecular weight excluding hydrogens is 259 g/mol. The lowest BCUT2D eigenvalue weighted by Gasteiger charge is -2.11. The van der Waals surface area contributed by atoms with E-state index in [2.05, 4.69) is 0 Å². The average molecular weight is 272 g/mol. The van der Waals surface area contributed by atoms with E-state index in [9.17, 15) is 4.39 Å². The first kappa shape index (κ1) is 13.7. The highest BCUT2D eigenvalue weighted by atomic mass is 19.1. The van der Waals surface area contributed by atoms with Crippen molar-refractivity contribution in [2.75, 3.05) is 12.8 Å². The zero-order valence-electron chi connectivity index (χ0n) is 10.9. The van der Waals surface area contributed by atoms with Crippen molar-refractivity contribution in [2.24, 2.45) is 0 Å². The van der Waals surface area contributed by atoms with Crippen LogP contribution in [0.15, 0.2) is 36.4 Å². The summed E-state index contributed by atoms with van der Waals surface area (Å²) in [6, 6.07) is 11.0. The van der Waals surface area contributed by atoms with Gasteiger partial charge >= 0.3 is 0 Å². The fourth-order valence-electron chi connectivity index (χ4n) is 1.68. The fraction of sp³-hybridized carbons (Fsp3) is 0.133. The molecule has 0 unspecified atom stereocenters. The van der Waals surface area contributed by atoms with Crippen LogP contribution >= 0.6 is 0 Å². The highest BCUT2D eigenvalue weighted by molar-refractivity contribution is 5.55. The number of rotatable bonds is 4. The fourth-order valence-corrected chi connectivity index (χ4v) is 1.68. The molecular formula is C15H13FN2O2. The second-order valence-corrected chi connectivity index (χ2v) is 4.11. The monoisotopic (exact) mass is 272 g/mol. The van der Waals surface area contributed by atoms with E-state index in [4.69, 9.17) is 20.5 Å². The van der Waals surface area contributed by atoms with Gasteiger partial charge in [0.1, 0.15) is 23.9 Å². The maximum Gasteiger partial charge on any atom is 0.146 e. The van der Waals surface area contributed by atoms with E-state index in [1.54, 1.807) is 18.2 Å². The molecule has 0 aliphatic heterocycles. The van der Waals surface area contributed by atoms with E-state index in [0.717, 1.165) is 0 Å². The molecule has 4 nitrogen and oxygen atoms in total. The Hall–Kier alpha value is -2.74. The molecule has 0 radical (unpaired) electrons. The smallest absolute Gasteiger partial charge is 0.146 e. The largest absolute Gasteiger partial charge is 0.497 e. The summed E-state index contributed by atoms with van der Waals surface area (Å²) < 4.78 is 24.2. The zero-order chi connectivity index (χ0) is 14.5. The van der Waals surface area contributed by atoms with Crippen LogP contribution in [0.5, 0.6) is 11.5 Å². The quantitative estimate of drug-likeness (QED) is 0.869. The molecule has 0 aliphatic carbocycles. The molecule has 2 aromatic rings. The summed E-state index contributed by atoms with van der Waals surface area (Å²) >= 11 is 0. The molecule has 0 atom stereocenters. The Morgan fingerprint density at radius 3 is 2.75 bits per heavy atom. The number of hydrogen-bond donors (Lipinski definition) is 1. The lowest BCUT2D eigenvalue weighted by molar-refractivity contribution is 0.299. The number of anilines is 1. The van der Waals surface area contributed by atoms with Crippen LogP contribution in [0, 0.1) is 17.1 Å². The van der Waals surface area contributed by atoms with E-state index in [1.165, 1.54) is 25.3 Å². The van der Waals surface area contributed by atoms with Gasteiger partial charge in [0.15, 0.2) is 0 Å². The molecule has 0 saturated carbocycles. The van der Waals surface area contributed by atoms with Gasteiger partial charge in [-0.25, -0.2) is 4.39 Å². The number of nitrogens with two attached hydrogens (primary N) is 1. The standard InChI is InChI=1S/C15H13FN2O2/c1-19-12-3-5-14(18)15(7-12)20-9-11-6-10(8-17)2-4-13(11)16/h2-7H,9,18H2,1H3. The van der Waals surface area contributed by atoms with Crippen molar-refractivity contribution in [3.63, 3.8) is 0 Å². The number of hydrogen-bond acceptors (Lipinski definition) is 4. The minimum Gasteiger partial charge on any atom is -0.497 e. The molecule has 102 valence electrons. The molecule has 0 aliphatic rings. The zero-order valence-corrected chi connectivity index (χ0v) is 10.9. The van der Waals surface area contributed by atoms with Crippen molar-refractivity contribution < 1.29 is 13.9 Å². The van der Waals surface area contributed by atoms with Crippen LogP contribution in [0.1, 0.15) is 11.1 Å². The van der Waals surface area contributed by atoms with E-state index < -0.39 is 5.82 Å². The molecule has 0 saturated heterocycles. The molecule has 0 amide bonds. The second kappa shape index (κ2) is 5.93. The summed E-state index contributed by atoms with van der Waals surface area (Å²) in [7, 11) is 1.53. The van der Waals surface area contributed by atoms with Crippen LogP contribution < -0.4 is 15.2 Å². The van der Waals surface area contributed by atoms with Crippen molar-refractivity contribution in [2.45, 2.75) is 6.61 Å². The SMILES string of the molecule is COc1ccc(N)c(OCc2cc(C#N)ccc2F)c1. The summed E-state index contributed by atoms with van der Waals surface area (Å²) in [6.07, 6.45) is 0. The lowest BCUT2D eigenvalue weighted by Crippen LogP contribution is -2.01. The third-order valence-electron chi connectivity index (χ3n) is 2.78. The average Bonchev–Trinajstić information content (AvgIpc) is 2.48. The Morgan fingerprint density at radius 1 is 1.25 bits per heavy atom. The van der Waals surface area contributed by atoms with Crippen LogP contribution in [-0.2, 0) is 6.61 Å². The highest BCUT2D eigenvalue weighted by Gasteiger charge is 2.07. The normalized spacial score (nSPS) is 9.85. The van der Waals surface area contributed by atoms with Crippen molar-refractivity contribution in [1.29, 1.82) is 5.26 Å². The molecule has 0 spiro atoms. The van der Waals surface area contributed by atoms with Gasteiger partial charge in [-0.15, -0.1) is 0 Å². The van der Waals surface area contributed by atoms with Crippen LogP contribution in [-0.4, -0.2) is 7.11 Å². The molecule has 20 heavy (non-hydrogen) atoms. The van der Waals surface area contributed by atoms with Crippen LogP contribution in [0.2, 0.25) is 0 Å². The molecule has 5 heteroatoms. The van der Waals surface area contributed by atoms with E-state index in [-0.39, 0.29) is 6.61 Å². The Labute approximate surface area is 116 Å². The molecule has 0 aromatic heterocycles. The van der Waals surface area contributed by atoms with Gasteiger partial charge in [-0.1, -0.05) is 0 Å². The molecule has 2 N–H and O–H groups in total. The van der Waals surface area contributed by atoms with Crippen molar-refractivity contribution in [3.05, 3.63) is 53.3 Å². The number of nitriles is 1. The Balaban J connectivity index is 2.18. The van der Waals surface area contributed by atoms with Gasteiger partial charge in [0.25, 0.3) is 0 Å². The topological polar surface area (TPSA) is 68.3 Å². The van der Waals surface area contributed by atoms with Crippen molar-refractivity contribution in [3.8, 4) is 17.6 Å². The Bertz CT molecular complexity index is 665. The molecule has 0 bridgehead atoms. The molecule has 2 aromatic carbocycles. The Kier molecular flexibility index (Phi) is 4.06. The predicted molar refractivity (Wildman–Crippen MR) is 72.9 cm³/mol. The summed E-state index contributed by atoms with van der Waals surface area (Å²) in [5, 5.41) is 8.80. The van der Waals surface area contributed by atoms with Crippen LogP contribution in [0.3, 0.4) is 0 Å². The van der Waals surface area contributed by atoms with Gasteiger partial charge in [0.2, 0.25) is 0 Å². The van der Waals surface area contributed by atoms with Gasteiger partial charge in [0.05, 0.1) is 24.4 Å². The highest BCUT2D eigenvalue weighted by Crippen LogP contribution is 2.27. The van der Waals surface area contributed by atoms with Crippen LogP contribution in [0.25, 0.3) is 0 Å². The van der Waals surface area contributed by atoms with E-state index in [0.29, 0.717) is 28.3 Å². The number of halogens is 1. The van der Waals surface area contributed by atoms with Crippen molar-refractivity contribution >= 4 is 5.69 Å². The van der Waals surface area contributed by atoms with E-state index in [1.807, 2.05) is 6.07 Å². The number of ether oxygens (including phenoxy) is 2. The minimum absolute atomic E-state index is 0.0152. The summed E-state index contributed by atoms with van der Waals surface area (Å²) in [6.45, 7) is -0.0152. The number of nitrogen functional groups attached to an aromatic ring is 1. The molecule has 0 heterocycles. The van der Waals surface area contributed by atoms with E-state index >= 15 is 0 Å². The first-order valence-corrected chi connectivity index (χ1v) is 5.89. The lowest BCUT2D eigenvalue weighted by atomic mass is 10.1. The summed E-state index contributed by atoms with van der Waals surface area (Å²) in [5.74, 6) is 0.581. The Morgan fingerprint density at radius 2 is 2.05 bits per heavy atom. The summed E-state index contributed by atoms with van der Waals surface area (Å²) in [5.41, 5.74) is 6.88. The minimum atomic E-state index is -0.425. The molecule has 2 rings (SSSR count). The van der Waals surface area contributed by atoms with Crippen LogP contribution in [0.4, 0.5) is 10.1 Å². The number of benzene rings is 2. The maximum absolute atomic E-state index is 13.6. The third kappa shape index (κ3) is 2.98. The van der Waals surface area contributed by atoms with Crippen molar-refractivity contribution in [1.82, 2.24) is 0 Å². The van der Waals surface area contributed by atoms with Gasteiger partial charge in [-0.3, -0.25) is 0 Å². The predicted octanol–water partition coefficient (Wildman–Crippen LogP) is 2.87. The molecule has 0 fully saturated rings. The number of nitrogens with zero attached hydrogens (tertiary/aromatic N) is 1. The van der Waals surface area contributed by atoms with Gasteiger partial charge < -0.3 is 15.2 Å². The maximum atomic E-state index is 13.6. The third-order valence-corrected chi connectivity index (χ3v) is 2.78. The summed E-state index contributed by atoms with van der Waals surface area (Å²) in [4.78, 5) is 0. The number of methoxy groups -OCH3 is 1. The van der Waals surface area contributed by atoms with Gasteiger partial charge in [-0.05, 0) is 30.3 Å². The first-order chi connectivity index (χ1) is 9.63. The second-order valence-electron chi connectivity index (χ2n) is 4.11.